The molecule has 3 rings (SSSR count). The van der Waals surface area contributed by atoms with E-state index in [9.17, 15) is 19.0 Å². The van der Waals surface area contributed by atoms with E-state index in [1.165, 1.54) is 0 Å². The predicted octanol–water partition coefficient (Wildman–Crippen LogP) is 0.808. The summed E-state index contributed by atoms with van der Waals surface area (Å²) in [6.07, 6.45) is 1.54. The first-order valence-electron chi connectivity index (χ1n) is 10.3. The molecule has 7 atom stereocenters. The summed E-state index contributed by atoms with van der Waals surface area (Å²) in [5.41, 5.74) is 5.92. The lowest BCUT2D eigenvalue weighted by Crippen LogP contribution is -2.71. The van der Waals surface area contributed by atoms with Crippen LogP contribution in [0.2, 0.25) is 0 Å². The number of halogens is 2. The van der Waals surface area contributed by atoms with Gasteiger partial charge in [-0.25, -0.2) is 14.2 Å². The summed E-state index contributed by atoms with van der Waals surface area (Å²) in [6.45, 7) is 6.77. The van der Waals surface area contributed by atoms with Crippen LogP contribution in [0.25, 0.3) is 0 Å². The molecular formula is C19H36F2N4O2. The monoisotopic (exact) mass is 390 g/mol. The second-order valence-corrected chi connectivity index (χ2v) is 9.50. The topological polar surface area (TPSA) is 88.6 Å². The lowest BCUT2D eigenvalue weighted by Gasteiger charge is -2.51. The number of hydrogen-bond acceptors (Lipinski definition) is 6. The Labute approximate surface area is 160 Å². The molecule has 0 spiro atoms. The van der Waals surface area contributed by atoms with E-state index in [0.717, 1.165) is 26.4 Å². The van der Waals surface area contributed by atoms with Crippen LogP contribution < -0.4 is 21.5 Å². The van der Waals surface area contributed by atoms with E-state index in [4.69, 9.17) is 0 Å². The highest BCUT2D eigenvalue weighted by Crippen LogP contribution is 2.42. The molecule has 3 aliphatic rings. The fraction of sp³-hybridized carbons (Fsp3) is 1.00. The Morgan fingerprint density at radius 1 is 1.04 bits per heavy atom. The van der Waals surface area contributed by atoms with E-state index >= 15 is 0 Å². The minimum absolute atomic E-state index is 0.0129. The van der Waals surface area contributed by atoms with Gasteiger partial charge in [0.15, 0.2) is 0 Å². The molecule has 3 fully saturated rings. The number of hydrazine groups is 1. The number of rotatable bonds is 5. The molecule has 0 aromatic rings. The molecule has 0 bridgehead atoms. The second-order valence-electron chi connectivity index (χ2n) is 9.50. The Kier molecular flexibility index (Phi) is 6.45. The van der Waals surface area contributed by atoms with E-state index in [0.29, 0.717) is 31.2 Å². The Bertz CT molecular complexity index is 497. The third-order valence-electron chi connectivity index (χ3n) is 6.68. The van der Waals surface area contributed by atoms with E-state index in [2.05, 4.69) is 21.5 Å². The smallest absolute Gasteiger partial charge is 0.248 e. The van der Waals surface area contributed by atoms with Gasteiger partial charge in [0.05, 0.1) is 17.9 Å². The van der Waals surface area contributed by atoms with Crippen molar-refractivity contribution in [1.82, 2.24) is 21.5 Å². The molecule has 0 radical (unpaired) electrons. The van der Waals surface area contributed by atoms with Crippen LogP contribution in [-0.4, -0.2) is 59.7 Å². The third-order valence-corrected chi connectivity index (χ3v) is 6.68. The standard InChI is InChI=1S/C19H36F2N4O2/c1-18(2,27)10-23-17-14-9-22-7-6-12(14)16(24-25-17)13-5-4-11(8-15(13)26)19(3,20)21/h11-17,22-27H,4-10H2,1-3H3. The number of aliphatic hydroxyl groups is 2. The van der Waals surface area contributed by atoms with Gasteiger partial charge in [-0.1, -0.05) is 0 Å². The van der Waals surface area contributed by atoms with Gasteiger partial charge < -0.3 is 15.5 Å². The molecule has 1 saturated carbocycles. The van der Waals surface area contributed by atoms with E-state index in [1.54, 1.807) is 13.8 Å². The molecule has 0 aromatic heterocycles. The van der Waals surface area contributed by atoms with Crippen LogP contribution in [0.1, 0.15) is 46.5 Å². The Morgan fingerprint density at radius 3 is 2.41 bits per heavy atom. The number of alkyl halides is 2. The highest BCUT2D eigenvalue weighted by molar-refractivity contribution is 5.01. The third kappa shape index (κ3) is 5.16. The van der Waals surface area contributed by atoms with Crippen LogP contribution >= 0.6 is 0 Å². The van der Waals surface area contributed by atoms with Crippen molar-refractivity contribution in [3.05, 3.63) is 0 Å². The molecule has 1 aliphatic carbocycles. The summed E-state index contributed by atoms with van der Waals surface area (Å²) in [6, 6.07) is 0.0683. The quantitative estimate of drug-likeness (QED) is 0.417. The number of aliphatic hydroxyl groups excluding tert-OH is 1. The molecule has 2 aliphatic heterocycles. The Balaban J connectivity index is 1.65. The highest BCUT2D eigenvalue weighted by Gasteiger charge is 2.48. The molecular weight excluding hydrogens is 354 g/mol. The summed E-state index contributed by atoms with van der Waals surface area (Å²) in [5, 5.41) is 27.5. The first kappa shape index (κ1) is 21.3. The van der Waals surface area contributed by atoms with Gasteiger partial charge in [0.1, 0.15) is 0 Å². The van der Waals surface area contributed by atoms with Gasteiger partial charge >= 0.3 is 0 Å². The van der Waals surface area contributed by atoms with E-state index in [1.807, 2.05) is 0 Å². The molecule has 27 heavy (non-hydrogen) atoms. The van der Waals surface area contributed by atoms with Crippen molar-refractivity contribution in [1.29, 1.82) is 0 Å². The summed E-state index contributed by atoms with van der Waals surface area (Å²) < 4.78 is 27.4. The zero-order valence-electron chi connectivity index (χ0n) is 16.6. The lowest BCUT2D eigenvalue weighted by atomic mass is 9.67. The first-order chi connectivity index (χ1) is 12.6. The predicted molar refractivity (Wildman–Crippen MR) is 100 cm³/mol. The SMILES string of the molecule is CC(C)(O)CNC1NNC(C2CCC(C(C)(F)F)CC2O)C2CCNCC12. The second kappa shape index (κ2) is 8.16. The van der Waals surface area contributed by atoms with Crippen LogP contribution in [0, 0.1) is 23.7 Å². The minimum atomic E-state index is -2.73. The number of fused-ring (bicyclic) bond motifs is 1. The van der Waals surface area contributed by atoms with Gasteiger partial charge in [0.2, 0.25) is 5.92 Å². The summed E-state index contributed by atoms with van der Waals surface area (Å²) in [5.74, 6) is -2.81. The van der Waals surface area contributed by atoms with Crippen molar-refractivity contribution < 1.29 is 19.0 Å². The Hall–Kier alpha value is -0.380. The first-order valence-corrected chi connectivity index (χ1v) is 10.3. The van der Waals surface area contributed by atoms with Crippen molar-refractivity contribution >= 4 is 0 Å². The van der Waals surface area contributed by atoms with Crippen molar-refractivity contribution in [2.24, 2.45) is 23.7 Å². The fourth-order valence-electron chi connectivity index (χ4n) is 5.15. The molecule has 158 valence electrons. The van der Waals surface area contributed by atoms with Crippen molar-refractivity contribution in [3.8, 4) is 0 Å². The molecule has 0 aromatic carbocycles. The number of hydrogen-bond donors (Lipinski definition) is 6. The average Bonchev–Trinajstić information content (AvgIpc) is 2.58. The molecule has 8 heteroatoms. The van der Waals surface area contributed by atoms with Crippen LogP contribution in [0.15, 0.2) is 0 Å². The maximum absolute atomic E-state index is 13.7. The maximum atomic E-state index is 13.7. The van der Waals surface area contributed by atoms with Gasteiger partial charge in [-0.2, -0.15) is 0 Å². The average molecular weight is 391 g/mol. The van der Waals surface area contributed by atoms with Gasteiger partial charge in [-0.3, -0.25) is 10.7 Å². The van der Waals surface area contributed by atoms with Gasteiger partial charge in [0, 0.05) is 36.9 Å². The lowest BCUT2D eigenvalue weighted by molar-refractivity contribution is -0.1000. The number of piperidine rings is 1. The molecule has 2 saturated heterocycles. The van der Waals surface area contributed by atoms with Crippen LogP contribution in [0.4, 0.5) is 8.78 Å². The zero-order chi connectivity index (χ0) is 19.8. The number of nitrogens with one attached hydrogen (secondary N) is 4. The van der Waals surface area contributed by atoms with Gasteiger partial charge in [0.25, 0.3) is 0 Å². The summed E-state index contributed by atoms with van der Waals surface area (Å²) in [7, 11) is 0. The highest BCUT2D eigenvalue weighted by atomic mass is 19.3. The van der Waals surface area contributed by atoms with Crippen molar-refractivity contribution in [2.45, 2.75) is 76.3 Å². The largest absolute Gasteiger partial charge is 0.393 e. The normalized spacial score (nSPS) is 41.2. The molecule has 6 N–H and O–H groups in total. The molecule has 0 amide bonds. The van der Waals surface area contributed by atoms with Gasteiger partial charge in [-0.05, 0) is 58.9 Å². The fourth-order valence-corrected chi connectivity index (χ4v) is 5.15. The van der Waals surface area contributed by atoms with E-state index in [-0.39, 0.29) is 24.5 Å². The maximum Gasteiger partial charge on any atom is 0.248 e. The van der Waals surface area contributed by atoms with Gasteiger partial charge in [-0.15, -0.1) is 0 Å². The van der Waals surface area contributed by atoms with Crippen molar-refractivity contribution in [3.63, 3.8) is 0 Å². The molecule has 7 unspecified atom stereocenters. The van der Waals surface area contributed by atoms with Crippen LogP contribution in [0.5, 0.6) is 0 Å². The Morgan fingerprint density at radius 2 is 1.78 bits per heavy atom. The summed E-state index contributed by atoms with van der Waals surface area (Å²) >= 11 is 0. The van der Waals surface area contributed by atoms with Crippen LogP contribution in [0.3, 0.4) is 0 Å². The summed E-state index contributed by atoms with van der Waals surface area (Å²) in [4.78, 5) is 0. The molecule has 6 nitrogen and oxygen atoms in total. The zero-order valence-corrected chi connectivity index (χ0v) is 16.6. The van der Waals surface area contributed by atoms with Crippen molar-refractivity contribution in [2.75, 3.05) is 19.6 Å². The minimum Gasteiger partial charge on any atom is -0.393 e. The van der Waals surface area contributed by atoms with Crippen LogP contribution in [-0.2, 0) is 0 Å². The molecule has 2 heterocycles. The van der Waals surface area contributed by atoms with E-state index < -0.39 is 23.5 Å².